The zero-order valence-corrected chi connectivity index (χ0v) is 17.3. The third-order valence-corrected chi connectivity index (χ3v) is 6.00. The van der Waals surface area contributed by atoms with Crippen LogP contribution in [0.25, 0.3) is 11.1 Å². The number of nitrogens with one attached hydrogen (secondary N) is 1. The van der Waals surface area contributed by atoms with Crippen LogP contribution in [0, 0.1) is 0 Å². The molecule has 0 unspecified atom stereocenters. The van der Waals surface area contributed by atoms with Crippen molar-refractivity contribution >= 4 is 17.4 Å². The standard InChI is InChI=1S/C25H25N3O3/c29-23-9-11-26-25(30)24-22(23)10-12-28(24)17-18-1-3-19(4-2-18)20-5-7-21(8-6-20)27-13-15-31-16-14-27/h1-8,10,12H,9,11,13-17H2,(H,26,30). The van der Waals surface area contributed by atoms with Crippen molar-refractivity contribution in [3.63, 3.8) is 0 Å². The summed E-state index contributed by atoms with van der Waals surface area (Å²) < 4.78 is 7.29. The van der Waals surface area contributed by atoms with E-state index in [1.807, 2.05) is 10.8 Å². The van der Waals surface area contributed by atoms with Gasteiger partial charge in [0.2, 0.25) is 0 Å². The minimum atomic E-state index is -0.178. The molecule has 2 aromatic carbocycles. The molecule has 1 amide bonds. The van der Waals surface area contributed by atoms with Gasteiger partial charge in [0.05, 0.1) is 13.2 Å². The van der Waals surface area contributed by atoms with Crippen molar-refractivity contribution < 1.29 is 14.3 Å². The van der Waals surface area contributed by atoms with Crippen LogP contribution in [-0.2, 0) is 11.3 Å². The number of ketones is 1. The second-order valence-corrected chi connectivity index (χ2v) is 7.98. The van der Waals surface area contributed by atoms with Gasteiger partial charge in [0, 0.05) is 50.0 Å². The van der Waals surface area contributed by atoms with E-state index < -0.39 is 0 Å². The molecule has 2 aliphatic rings. The molecule has 5 rings (SSSR count). The Morgan fingerprint density at radius 2 is 1.55 bits per heavy atom. The maximum Gasteiger partial charge on any atom is 0.268 e. The Labute approximate surface area is 181 Å². The van der Waals surface area contributed by atoms with Crippen molar-refractivity contribution in [2.24, 2.45) is 0 Å². The van der Waals surface area contributed by atoms with Gasteiger partial charge in [-0.25, -0.2) is 0 Å². The number of benzene rings is 2. The topological polar surface area (TPSA) is 63.6 Å². The number of aromatic nitrogens is 1. The largest absolute Gasteiger partial charge is 0.378 e. The number of carbonyl (C=O) groups excluding carboxylic acids is 2. The van der Waals surface area contributed by atoms with Gasteiger partial charge in [-0.1, -0.05) is 36.4 Å². The highest BCUT2D eigenvalue weighted by atomic mass is 16.5. The molecule has 3 aromatic rings. The smallest absolute Gasteiger partial charge is 0.268 e. The monoisotopic (exact) mass is 415 g/mol. The SMILES string of the molecule is O=C1CCNC(=O)c2c1ccn2Cc1ccc(-c2ccc(N3CCOCC3)cc2)cc1. The van der Waals surface area contributed by atoms with Crippen molar-refractivity contribution in [3.8, 4) is 11.1 Å². The van der Waals surface area contributed by atoms with Gasteiger partial charge in [0.1, 0.15) is 5.69 Å². The summed E-state index contributed by atoms with van der Waals surface area (Å²) in [6.45, 7) is 4.37. The number of Topliss-reactive ketones (excluding diaryl/α,β-unsaturated/α-hetero) is 1. The highest BCUT2D eigenvalue weighted by Crippen LogP contribution is 2.25. The maximum atomic E-state index is 12.4. The number of ether oxygens (including phenoxy) is 1. The Kier molecular flexibility index (Phi) is 5.30. The van der Waals surface area contributed by atoms with Gasteiger partial charge >= 0.3 is 0 Å². The summed E-state index contributed by atoms with van der Waals surface area (Å²) in [6, 6.07) is 18.8. The third kappa shape index (κ3) is 3.99. The molecule has 0 bridgehead atoms. The number of hydrogen-bond donors (Lipinski definition) is 1. The molecule has 0 aliphatic carbocycles. The number of carbonyl (C=O) groups is 2. The van der Waals surface area contributed by atoms with Gasteiger partial charge in [0.15, 0.2) is 5.78 Å². The van der Waals surface area contributed by atoms with Crippen LogP contribution in [0.3, 0.4) is 0 Å². The van der Waals surface area contributed by atoms with Gasteiger partial charge in [-0.05, 0) is 34.9 Å². The normalized spacial score (nSPS) is 16.6. The van der Waals surface area contributed by atoms with E-state index in [9.17, 15) is 9.59 Å². The van der Waals surface area contributed by atoms with E-state index in [0.29, 0.717) is 30.8 Å². The molecule has 6 nitrogen and oxygen atoms in total. The Hall–Kier alpha value is -3.38. The Morgan fingerprint density at radius 3 is 2.26 bits per heavy atom. The zero-order valence-electron chi connectivity index (χ0n) is 17.3. The summed E-state index contributed by atoms with van der Waals surface area (Å²) in [4.78, 5) is 27.0. The summed E-state index contributed by atoms with van der Waals surface area (Å²) in [5.41, 5.74) is 5.61. The first kappa shape index (κ1) is 19.6. The summed E-state index contributed by atoms with van der Waals surface area (Å²) in [5.74, 6) is -0.161. The molecule has 6 heteroatoms. The molecule has 3 heterocycles. The van der Waals surface area contributed by atoms with E-state index in [1.165, 1.54) is 11.3 Å². The molecule has 31 heavy (non-hydrogen) atoms. The van der Waals surface area contributed by atoms with Crippen LogP contribution in [0.4, 0.5) is 5.69 Å². The van der Waals surface area contributed by atoms with Crippen molar-refractivity contribution in [2.45, 2.75) is 13.0 Å². The second kappa shape index (κ2) is 8.40. The highest BCUT2D eigenvalue weighted by molar-refractivity contribution is 6.09. The van der Waals surface area contributed by atoms with Crippen LogP contribution in [0.1, 0.15) is 32.8 Å². The molecular formula is C25H25N3O3. The first-order valence-electron chi connectivity index (χ1n) is 10.7. The van der Waals surface area contributed by atoms with E-state index >= 15 is 0 Å². The van der Waals surface area contributed by atoms with Gasteiger partial charge in [-0.2, -0.15) is 0 Å². The number of morpholine rings is 1. The first-order chi connectivity index (χ1) is 15.2. The lowest BCUT2D eigenvalue weighted by Gasteiger charge is -2.28. The maximum absolute atomic E-state index is 12.4. The molecule has 1 fully saturated rings. The molecule has 0 radical (unpaired) electrons. The molecular weight excluding hydrogens is 390 g/mol. The Bertz CT molecular complexity index is 1090. The summed E-state index contributed by atoms with van der Waals surface area (Å²) in [5, 5.41) is 2.81. The average Bonchev–Trinajstić information content (AvgIpc) is 3.17. The second-order valence-electron chi connectivity index (χ2n) is 7.98. The lowest BCUT2D eigenvalue weighted by Crippen LogP contribution is -2.36. The molecule has 1 saturated heterocycles. The molecule has 0 spiro atoms. The van der Waals surface area contributed by atoms with E-state index in [0.717, 1.165) is 37.4 Å². The number of rotatable bonds is 4. The van der Waals surface area contributed by atoms with Crippen molar-refractivity contribution in [2.75, 3.05) is 37.7 Å². The molecule has 158 valence electrons. The molecule has 0 atom stereocenters. The number of nitrogens with zero attached hydrogens (tertiary/aromatic N) is 2. The van der Waals surface area contributed by atoms with E-state index in [4.69, 9.17) is 4.74 Å². The van der Waals surface area contributed by atoms with Crippen molar-refractivity contribution in [1.29, 1.82) is 0 Å². The highest BCUT2D eigenvalue weighted by Gasteiger charge is 2.24. The molecule has 1 aromatic heterocycles. The lowest BCUT2D eigenvalue weighted by molar-refractivity contribution is 0.0947. The summed E-state index contributed by atoms with van der Waals surface area (Å²) in [7, 11) is 0. The third-order valence-electron chi connectivity index (χ3n) is 6.00. The number of hydrogen-bond acceptors (Lipinski definition) is 4. The summed E-state index contributed by atoms with van der Waals surface area (Å²) >= 11 is 0. The predicted octanol–water partition coefficient (Wildman–Crippen LogP) is 3.36. The Morgan fingerprint density at radius 1 is 0.871 bits per heavy atom. The van der Waals surface area contributed by atoms with Crippen LogP contribution in [0.15, 0.2) is 60.8 Å². The van der Waals surface area contributed by atoms with Crippen LogP contribution in [0.5, 0.6) is 0 Å². The zero-order chi connectivity index (χ0) is 21.2. The van der Waals surface area contributed by atoms with E-state index in [-0.39, 0.29) is 11.7 Å². The van der Waals surface area contributed by atoms with Crippen LogP contribution in [0.2, 0.25) is 0 Å². The molecule has 1 N–H and O–H groups in total. The number of anilines is 1. The predicted molar refractivity (Wildman–Crippen MR) is 120 cm³/mol. The van der Waals surface area contributed by atoms with Crippen molar-refractivity contribution in [3.05, 3.63) is 77.6 Å². The van der Waals surface area contributed by atoms with Crippen LogP contribution >= 0.6 is 0 Å². The molecule has 2 aliphatic heterocycles. The van der Waals surface area contributed by atoms with Gasteiger partial charge < -0.3 is 19.5 Å². The minimum absolute atomic E-state index is 0.0166. The summed E-state index contributed by atoms with van der Waals surface area (Å²) in [6.07, 6.45) is 2.17. The van der Waals surface area contributed by atoms with Gasteiger partial charge in [-0.15, -0.1) is 0 Å². The quantitative estimate of drug-likeness (QED) is 0.710. The van der Waals surface area contributed by atoms with Gasteiger partial charge in [0.25, 0.3) is 5.91 Å². The van der Waals surface area contributed by atoms with E-state index in [2.05, 4.69) is 58.7 Å². The van der Waals surface area contributed by atoms with Crippen molar-refractivity contribution in [1.82, 2.24) is 9.88 Å². The first-order valence-corrected chi connectivity index (χ1v) is 10.7. The Balaban J connectivity index is 1.32. The fourth-order valence-electron chi connectivity index (χ4n) is 4.28. The molecule has 0 saturated carbocycles. The average molecular weight is 415 g/mol. The fraction of sp³-hybridized carbons (Fsp3) is 0.280. The van der Waals surface area contributed by atoms with Crippen LogP contribution < -0.4 is 10.2 Å². The fourth-order valence-corrected chi connectivity index (χ4v) is 4.28. The minimum Gasteiger partial charge on any atom is -0.378 e. The number of fused-ring (bicyclic) bond motifs is 1. The lowest BCUT2D eigenvalue weighted by atomic mass is 10.0. The number of amides is 1. The van der Waals surface area contributed by atoms with E-state index in [1.54, 1.807) is 6.07 Å². The van der Waals surface area contributed by atoms with Gasteiger partial charge in [-0.3, -0.25) is 9.59 Å². The van der Waals surface area contributed by atoms with Crippen LogP contribution in [-0.4, -0.2) is 49.1 Å².